The lowest BCUT2D eigenvalue weighted by Crippen LogP contribution is -2.56. The van der Waals surface area contributed by atoms with Crippen molar-refractivity contribution >= 4 is 29.7 Å². The lowest BCUT2D eigenvalue weighted by molar-refractivity contribution is -0.143. The molecular formula is C21H28N4O7. The number of likely N-dealkylation sites (tertiary alicyclic amines) is 1. The summed E-state index contributed by atoms with van der Waals surface area (Å²) >= 11 is 0. The molecule has 3 unspecified atom stereocenters. The third kappa shape index (κ3) is 7.34. The molecule has 1 heterocycles. The van der Waals surface area contributed by atoms with Crippen LogP contribution in [-0.2, 0) is 30.4 Å². The molecule has 1 saturated heterocycles. The van der Waals surface area contributed by atoms with Gasteiger partial charge in [0.25, 0.3) is 0 Å². The number of carboxylic acid groups (broad SMARTS) is 2. The van der Waals surface area contributed by atoms with Gasteiger partial charge in [0.1, 0.15) is 18.6 Å². The Labute approximate surface area is 184 Å². The Balaban J connectivity index is 2.08. The molecule has 174 valence electrons. The quantitative estimate of drug-likeness (QED) is 0.289. The number of hydrogen-bond acceptors (Lipinski definition) is 6. The number of hydrogen-bond donors (Lipinski definition) is 5. The molecule has 32 heavy (non-hydrogen) atoms. The molecule has 3 atom stereocenters. The fraction of sp³-hybridized carbons (Fsp3) is 0.476. The molecule has 1 aromatic carbocycles. The highest BCUT2D eigenvalue weighted by molar-refractivity contribution is 5.94. The maximum absolute atomic E-state index is 13.1. The number of nitrogens with zero attached hydrogens (tertiary/aromatic N) is 1. The van der Waals surface area contributed by atoms with Gasteiger partial charge < -0.3 is 31.5 Å². The van der Waals surface area contributed by atoms with Crippen molar-refractivity contribution in [3.63, 3.8) is 0 Å². The van der Waals surface area contributed by atoms with Crippen LogP contribution in [0, 0.1) is 0 Å². The van der Waals surface area contributed by atoms with Crippen LogP contribution in [0.4, 0.5) is 0 Å². The maximum Gasteiger partial charge on any atom is 0.322 e. The van der Waals surface area contributed by atoms with Crippen LogP contribution in [-0.4, -0.2) is 76.0 Å². The Morgan fingerprint density at radius 2 is 1.78 bits per heavy atom. The van der Waals surface area contributed by atoms with Crippen LogP contribution in [0.3, 0.4) is 0 Å². The van der Waals surface area contributed by atoms with Crippen molar-refractivity contribution in [3.8, 4) is 0 Å². The number of rotatable bonds is 11. The molecule has 1 aromatic rings. The molecule has 6 N–H and O–H groups in total. The van der Waals surface area contributed by atoms with Gasteiger partial charge in [0.05, 0.1) is 6.04 Å². The summed E-state index contributed by atoms with van der Waals surface area (Å²) < 4.78 is 0. The lowest BCUT2D eigenvalue weighted by Gasteiger charge is -2.29. The van der Waals surface area contributed by atoms with E-state index in [1.54, 1.807) is 0 Å². The van der Waals surface area contributed by atoms with E-state index in [2.05, 4.69) is 10.6 Å². The largest absolute Gasteiger partial charge is 0.481 e. The number of benzene rings is 1. The SMILES string of the molecule is NC(Cc1ccccc1)C(=O)NC(CCC(=O)O)C(=O)N1CCCC1C(=O)NCC(=O)O. The Hall–Kier alpha value is -3.47. The van der Waals surface area contributed by atoms with Crippen molar-refractivity contribution in [1.29, 1.82) is 0 Å². The Morgan fingerprint density at radius 3 is 2.41 bits per heavy atom. The van der Waals surface area contributed by atoms with Gasteiger partial charge >= 0.3 is 11.9 Å². The van der Waals surface area contributed by atoms with Crippen LogP contribution in [0.15, 0.2) is 30.3 Å². The van der Waals surface area contributed by atoms with E-state index in [1.165, 1.54) is 4.90 Å². The number of carboxylic acids is 2. The minimum atomic E-state index is -1.21. The van der Waals surface area contributed by atoms with E-state index < -0.39 is 54.3 Å². The van der Waals surface area contributed by atoms with Crippen LogP contribution in [0.25, 0.3) is 0 Å². The van der Waals surface area contributed by atoms with Crippen molar-refractivity contribution in [3.05, 3.63) is 35.9 Å². The maximum atomic E-state index is 13.1. The molecular weight excluding hydrogens is 420 g/mol. The molecule has 0 aliphatic carbocycles. The summed E-state index contributed by atoms with van der Waals surface area (Å²) in [4.78, 5) is 61.0. The molecule has 11 nitrogen and oxygen atoms in total. The van der Waals surface area contributed by atoms with E-state index in [1.807, 2.05) is 30.3 Å². The van der Waals surface area contributed by atoms with Crippen molar-refractivity contribution in [2.24, 2.45) is 5.73 Å². The number of carbonyl (C=O) groups excluding carboxylic acids is 3. The Bertz CT molecular complexity index is 846. The number of nitrogens with one attached hydrogen (secondary N) is 2. The van der Waals surface area contributed by atoms with Crippen LogP contribution >= 0.6 is 0 Å². The summed E-state index contributed by atoms with van der Waals surface area (Å²) in [5.41, 5.74) is 6.81. The zero-order valence-corrected chi connectivity index (χ0v) is 17.5. The van der Waals surface area contributed by atoms with E-state index in [-0.39, 0.29) is 25.8 Å². The Kier molecular flexibility index (Phi) is 9.14. The average molecular weight is 448 g/mol. The number of amides is 3. The zero-order valence-electron chi connectivity index (χ0n) is 17.5. The van der Waals surface area contributed by atoms with Gasteiger partial charge in [0.15, 0.2) is 0 Å². The predicted octanol–water partition coefficient (Wildman–Crippen LogP) is -0.902. The highest BCUT2D eigenvalue weighted by atomic mass is 16.4. The van der Waals surface area contributed by atoms with Crippen LogP contribution in [0.5, 0.6) is 0 Å². The summed E-state index contributed by atoms with van der Waals surface area (Å²) in [6.45, 7) is -0.343. The molecule has 1 aliphatic rings. The van der Waals surface area contributed by atoms with Crippen molar-refractivity contribution in [1.82, 2.24) is 15.5 Å². The number of nitrogens with two attached hydrogens (primary N) is 1. The van der Waals surface area contributed by atoms with E-state index >= 15 is 0 Å². The third-order valence-corrected chi connectivity index (χ3v) is 5.15. The van der Waals surface area contributed by atoms with Gasteiger partial charge in [-0.1, -0.05) is 30.3 Å². The summed E-state index contributed by atoms with van der Waals surface area (Å²) in [6, 6.07) is 6.05. The van der Waals surface area contributed by atoms with Crippen LogP contribution < -0.4 is 16.4 Å². The Morgan fingerprint density at radius 1 is 1.09 bits per heavy atom. The van der Waals surface area contributed by atoms with Crippen LogP contribution in [0.1, 0.15) is 31.2 Å². The van der Waals surface area contributed by atoms with Gasteiger partial charge in [0, 0.05) is 13.0 Å². The van der Waals surface area contributed by atoms with Gasteiger partial charge in [-0.05, 0) is 31.2 Å². The van der Waals surface area contributed by atoms with Gasteiger partial charge in [-0.3, -0.25) is 24.0 Å². The predicted molar refractivity (Wildman–Crippen MR) is 112 cm³/mol. The topological polar surface area (TPSA) is 179 Å². The summed E-state index contributed by atoms with van der Waals surface area (Å²) in [5.74, 6) is -4.17. The zero-order chi connectivity index (χ0) is 23.7. The van der Waals surface area contributed by atoms with Crippen molar-refractivity contribution in [2.75, 3.05) is 13.1 Å². The molecule has 0 bridgehead atoms. The second kappa shape index (κ2) is 11.8. The second-order valence-corrected chi connectivity index (χ2v) is 7.59. The fourth-order valence-electron chi connectivity index (χ4n) is 3.55. The highest BCUT2D eigenvalue weighted by Crippen LogP contribution is 2.20. The first-order chi connectivity index (χ1) is 15.2. The molecule has 1 aliphatic heterocycles. The van der Waals surface area contributed by atoms with Crippen molar-refractivity contribution < 1.29 is 34.2 Å². The van der Waals surface area contributed by atoms with Gasteiger partial charge in [-0.15, -0.1) is 0 Å². The van der Waals surface area contributed by atoms with E-state index in [0.717, 1.165) is 5.56 Å². The number of aliphatic carboxylic acids is 2. The van der Waals surface area contributed by atoms with E-state index in [9.17, 15) is 24.0 Å². The average Bonchev–Trinajstić information content (AvgIpc) is 3.24. The summed E-state index contributed by atoms with van der Waals surface area (Å²) in [5, 5.41) is 22.5. The summed E-state index contributed by atoms with van der Waals surface area (Å²) in [6.07, 6.45) is 0.553. The smallest absolute Gasteiger partial charge is 0.322 e. The molecule has 1 fully saturated rings. The van der Waals surface area contributed by atoms with Gasteiger partial charge in [-0.25, -0.2) is 0 Å². The van der Waals surface area contributed by atoms with Crippen molar-refractivity contribution in [2.45, 2.75) is 50.2 Å². The minimum absolute atomic E-state index is 0.169. The normalized spacial score (nSPS) is 17.3. The number of carbonyl (C=O) groups is 5. The van der Waals surface area contributed by atoms with Gasteiger partial charge in [-0.2, -0.15) is 0 Å². The molecule has 3 amide bonds. The lowest BCUT2D eigenvalue weighted by atomic mass is 10.0. The molecule has 0 spiro atoms. The van der Waals surface area contributed by atoms with Crippen LogP contribution in [0.2, 0.25) is 0 Å². The first-order valence-corrected chi connectivity index (χ1v) is 10.3. The monoisotopic (exact) mass is 448 g/mol. The first-order valence-electron chi connectivity index (χ1n) is 10.3. The van der Waals surface area contributed by atoms with Gasteiger partial charge in [0.2, 0.25) is 17.7 Å². The van der Waals surface area contributed by atoms with E-state index in [4.69, 9.17) is 15.9 Å². The molecule has 0 aromatic heterocycles. The second-order valence-electron chi connectivity index (χ2n) is 7.59. The van der Waals surface area contributed by atoms with E-state index in [0.29, 0.717) is 12.8 Å². The molecule has 0 radical (unpaired) electrons. The highest BCUT2D eigenvalue weighted by Gasteiger charge is 2.38. The molecule has 11 heteroatoms. The standard InChI is InChI=1S/C21H28N4O7/c22-14(11-13-5-2-1-3-6-13)19(30)24-15(8-9-17(26)27)21(32)25-10-4-7-16(25)20(31)23-12-18(28)29/h1-3,5-6,14-16H,4,7-12,22H2,(H,23,31)(H,24,30)(H,26,27)(H,28,29). The fourth-order valence-corrected chi connectivity index (χ4v) is 3.55. The third-order valence-electron chi connectivity index (χ3n) is 5.15. The minimum Gasteiger partial charge on any atom is -0.481 e. The molecule has 2 rings (SSSR count). The first kappa shape index (κ1) is 24.8. The summed E-state index contributed by atoms with van der Waals surface area (Å²) in [7, 11) is 0. The molecule has 0 saturated carbocycles.